The van der Waals surface area contributed by atoms with Crippen molar-refractivity contribution in [3.63, 3.8) is 0 Å². The largest absolute Gasteiger partial charge is 0.506 e. The summed E-state index contributed by atoms with van der Waals surface area (Å²) in [5.41, 5.74) is 4.04. The van der Waals surface area contributed by atoms with Crippen molar-refractivity contribution in [3.05, 3.63) is 81.6 Å². The van der Waals surface area contributed by atoms with Crippen molar-refractivity contribution < 1.29 is 33.7 Å². The number of carbonyl (C=O) groups is 3. The molecule has 14 heteroatoms. The van der Waals surface area contributed by atoms with Crippen LogP contribution in [-0.2, 0) is 38.4 Å². The van der Waals surface area contributed by atoms with Crippen LogP contribution in [0.25, 0.3) is 0 Å². The van der Waals surface area contributed by atoms with Gasteiger partial charge in [0, 0.05) is 51.5 Å². The predicted octanol–water partition coefficient (Wildman–Crippen LogP) is 5.33. The Morgan fingerprint density at radius 3 is 2.66 bits per heavy atom. The molecule has 2 aromatic carbocycles. The number of phenolic OH excluding ortho intramolecular Hbond substituents is 1. The van der Waals surface area contributed by atoms with E-state index in [9.17, 15) is 19.5 Å². The highest BCUT2D eigenvalue weighted by molar-refractivity contribution is 9.10. The summed E-state index contributed by atoms with van der Waals surface area (Å²) < 4.78 is 18.7. The van der Waals surface area contributed by atoms with E-state index in [0.717, 1.165) is 70.1 Å². The summed E-state index contributed by atoms with van der Waals surface area (Å²) in [7, 11) is 0. The van der Waals surface area contributed by atoms with E-state index in [1.165, 1.54) is 17.5 Å². The minimum Gasteiger partial charge on any atom is -0.506 e. The number of aromatic hydroxyl groups is 1. The zero-order valence-corrected chi connectivity index (χ0v) is 35.0. The van der Waals surface area contributed by atoms with Crippen molar-refractivity contribution in [2.24, 2.45) is 0 Å². The number of hydrogen-bond donors (Lipinski definition) is 3. The van der Waals surface area contributed by atoms with Gasteiger partial charge in [0.25, 0.3) is 11.8 Å². The number of anilines is 1. The highest BCUT2D eigenvalue weighted by Gasteiger charge is 2.41. The van der Waals surface area contributed by atoms with Gasteiger partial charge in [-0.2, -0.15) is 0 Å². The normalized spacial score (nSPS) is 18.4. The number of piperidine rings is 1. The summed E-state index contributed by atoms with van der Waals surface area (Å²) >= 11 is 3.35. The lowest BCUT2D eigenvalue weighted by molar-refractivity contribution is -0.135. The van der Waals surface area contributed by atoms with Gasteiger partial charge in [-0.05, 0) is 95.9 Å². The number of ether oxygens (including phenoxy) is 3. The third kappa shape index (κ3) is 11.1. The Bertz CT molecular complexity index is 1870. The van der Waals surface area contributed by atoms with E-state index in [4.69, 9.17) is 14.2 Å². The molecule has 7 rings (SSSR count). The second-order valence-electron chi connectivity index (χ2n) is 16.0. The Hall–Kier alpha value is -4.08. The van der Waals surface area contributed by atoms with Crippen LogP contribution in [0.5, 0.6) is 11.5 Å². The molecule has 0 unspecified atom stereocenters. The maximum absolute atomic E-state index is 13.5. The maximum Gasteiger partial charge on any atom is 0.262 e. The quantitative estimate of drug-likeness (QED) is 0.0983. The van der Waals surface area contributed by atoms with Crippen LogP contribution in [0.1, 0.15) is 78.4 Å². The number of carbonyl (C=O) groups excluding carboxylic acids is 3. The van der Waals surface area contributed by atoms with Gasteiger partial charge >= 0.3 is 0 Å². The number of phenols is 1. The number of aromatic nitrogens is 1. The molecule has 3 aromatic rings. The third-order valence-corrected chi connectivity index (χ3v) is 12.4. The SMILES string of the molecule is O=C1COc2c(CCNCCN(C(=O)CCOCCc3cccc(CN4CCC5(CC4)CN(C(=O)c4ccc(Br)nc4)CCO5)c3)C3CCCCC3)ccc(O)c2N1. The molecule has 4 heterocycles. The van der Waals surface area contributed by atoms with Gasteiger partial charge in [-0.3, -0.25) is 19.3 Å². The lowest BCUT2D eigenvalue weighted by atomic mass is 9.89. The average molecular weight is 862 g/mol. The molecule has 0 atom stereocenters. The van der Waals surface area contributed by atoms with E-state index in [-0.39, 0.29) is 41.7 Å². The van der Waals surface area contributed by atoms with Crippen molar-refractivity contribution in [3.8, 4) is 11.5 Å². The topological polar surface area (TPSA) is 146 Å². The molecule has 2 saturated heterocycles. The first-order chi connectivity index (χ1) is 28.2. The molecule has 1 spiro atoms. The molecule has 312 valence electrons. The van der Waals surface area contributed by atoms with Crippen molar-refractivity contribution in [2.45, 2.75) is 82.4 Å². The van der Waals surface area contributed by atoms with E-state index in [2.05, 4.69) is 65.6 Å². The van der Waals surface area contributed by atoms with Gasteiger partial charge < -0.3 is 39.8 Å². The van der Waals surface area contributed by atoms with Gasteiger partial charge in [0.05, 0.1) is 44.0 Å². The molecule has 1 aliphatic carbocycles. The molecule has 0 bridgehead atoms. The lowest BCUT2D eigenvalue weighted by Crippen LogP contribution is -2.57. The fraction of sp³-hybridized carbons (Fsp3) is 0.545. The van der Waals surface area contributed by atoms with Crippen LogP contribution in [0, 0.1) is 0 Å². The average Bonchev–Trinajstić information content (AvgIpc) is 3.24. The van der Waals surface area contributed by atoms with Crippen LogP contribution in [-0.4, -0.2) is 126 Å². The molecule has 0 radical (unpaired) electrons. The number of fused-ring (bicyclic) bond motifs is 1. The molecule has 13 nitrogen and oxygen atoms in total. The fourth-order valence-corrected chi connectivity index (χ4v) is 8.96. The molecule has 1 saturated carbocycles. The highest BCUT2D eigenvalue weighted by Crippen LogP contribution is 2.39. The van der Waals surface area contributed by atoms with Crippen molar-refractivity contribution in [1.29, 1.82) is 0 Å². The molecule has 58 heavy (non-hydrogen) atoms. The number of nitrogens with zero attached hydrogens (tertiary/aromatic N) is 4. The number of rotatable bonds is 16. The number of morpholine rings is 1. The smallest absolute Gasteiger partial charge is 0.262 e. The third-order valence-electron chi connectivity index (χ3n) is 11.9. The zero-order chi connectivity index (χ0) is 40.3. The first-order valence-electron chi connectivity index (χ1n) is 21.0. The second kappa shape index (κ2) is 20.3. The molecule has 1 aromatic heterocycles. The number of benzene rings is 2. The minimum absolute atomic E-state index is 0.00553. The Morgan fingerprint density at radius 1 is 1.02 bits per heavy atom. The van der Waals surface area contributed by atoms with Crippen LogP contribution in [0.15, 0.2) is 59.3 Å². The van der Waals surface area contributed by atoms with E-state index in [1.54, 1.807) is 18.3 Å². The van der Waals surface area contributed by atoms with Gasteiger partial charge in [0.1, 0.15) is 16.0 Å². The standard InChI is InChI=1S/C44H57BrN6O7/c45-38-12-10-35(28-47-38)43(55)50-23-26-58-44(31-50)16-20-49(21-17-44)29-33-6-4-5-32(27-33)14-24-56-25-15-40(54)51(36-7-2-1-3-8-36)22-19-46-18-13-34-9-11-37(52)41-42(34)57-30-39(53)48-41/h4-6,9-12,27-28,36,46,52H,1-3,7-8,13-26,29-31H2,(H,48,53). The maximum atomic E-state index is 13.5. The molecule has 3 fully saturated rings. The number of likely N-dealkylation sites (tertiary alicyclic amines) is 1. The van der Waals surface area contributed by atoms with E-state index in [1.807, 2.05) is 17.0 Å². The van der Waals surface area contributed by atoms with Gasteiger partial charge in [0.15, 0.2) is 12.4 Å². The van der Waals surface area contributed by atoms with E-state index < -0.39 is 0 Å². The van der Waals surface area contributed by atoms with Crippen LogP contribution in [0.2, 0.25) is 0 Å². The summed E-state index contributed by atoms with van der Waals surface area (Å²) in [4.78, 5) is 49.2. The van der Waals surface area contributed by atoms with Gasteiger partial charge in [-0.25, -0.2) is 4.98 Å². The Balaban J connectivity index is 0.811. The molecule has 3 N–H and O–H groups in total. The summed E-state index contributed by atoms with van der Waals surface area (Å²) in [6.07, 6.45) is 10.8. The summed E-state index contributed by atoms with van der Waals surface area (Å²) in [6.45, 7) is 7.34. The van der Waals surface area contributed by atoms with E-state index in [0.29, 0.717) is 87.0 Å². The van der Waals surface area contributed by atoms with Gasteiger partial charge in [0.2, 0.25) is 5.91 Å². The van der Waals surface area contributed by atoms with Gasteiger partial charge in [-0.1, -0.05) is 49.6 Å². The van der Waals surface area contributed by atoms with Crippen LogP contribution in [0.3, 0.4) is 0 Å². The second-order valence-corrected chi connectivity index (χ2v) is 16.8. The predicted molar refractivity (Wildman–Crippen MR) is 224 cm³/mol. The number of nitrogens with one attached hydrogen (secondary N) is 2. The van der Waals surface area contributed by atoms with Crippen LogP contribution >= 0.6 is 15.9 Å². The van der Waals surface area contributed by atoms with Crippen LogP contribution < -0.4 is 15.4 Å². The molecule has 3 amide bonds. The number of amides is 3. The zero-order valence-electron chi connectivity index (χ0n) is 33.4. The monoisotopic (exact) mass is 860 g/mol. The lowest BCUT2D eigenvalue weighted by Gasteiger charge is -2.47. The van der Waals surface area contributed by atoms with Gasteiger partial charge in [-0.15, -0.1) is 0 Å². The minimum atomic E-state index is -0.299. The number of hydrogen-bond acceptors (Lipinski definition) is 10. The van der Waals surface area contributed by atoms with E-state index >= 15 is 0 Å². The highest BCUT2D eigenvalue weighted by atomic mass is 79.9. The molecule has 3 aliphatic heterocycles. The molecule has 4 aliphatic rings. The first-order valence-corrected chi connectivity index (χ1v) is 21.7. The Labute approximate surface area is 349 Å². The van der Waals surface area contributed by atoms with Crippen molar-refractivity contribution in [2.75, 3.05) is 77.6 Å². The Morgan fingerprint density at radius 2 is 1.84 bits per heavy atom. The first kappa shape index (κ1) is 42.1. The number of pyridine rings is 1. The molecular formula is C44H57BrN6O7. The van der Waals surface area contributed by atoms with Crippen molar-refractivity contribution >= 4 is 39.3 Å². The number of halogens is 1. The molecular weight excluding hydrogens is 804 g/mol. The van der Waals surface area contributed by atoms with Crippen molar-refractivity contribution in [1.82, 2.24) is 25.0 Å². The fourth-order valence-electron chi connectivity index (χ4n) is 8.72. The summed E-state index contributed by atoms with van der Waals surface area (Å²) in [5.74, 6) is 0.396. The summed E-state index contributed by atoms with van der Waals surface area (Å²) in [5, 5.41) is 16.3. The summed E-state index contributed by atoms with van der Waals surface area (Å²) in [6, 6.07) is 16.0. The van der Waals surface area contributed by atoms with Crippen LogP contribution in [0.4, 0.5) is 5.69 Å². The Kier molecular flexibility index (Phi) is 14.7.